The molecule has 0 radical (unpaired) electrons. The largest absolute Gasteiger partial charge is 0.330 e. The molecule has 4 nitrogen and oxygen atoms in total. The van der Waals surface area contributed by atoms with Crippen LogP contribution in [-0.4, -0.2) is 21.1 Å². The topological polar surface area (TPSA) is 56.7 Å². The van der Waals surface area contributed by atoms with Gasteiger partial charge in [0.25, 0.3) is 0 Å². The Morgan fingerprint density at radius 3 is 2.69 bits per heavy atom. The van der Waals surface area contributed by atoms with Crippen molar-refractivity contribution in [1.29, 1.82) is 0 Å². The van der Waals surface area contributed by atoms with Gasteiger partial charge in [-0.1, -0.05) is 0 Å². The standard InChI is InChI=1S/C11H13BrN4/c1-16-9(2-5-13)10(12)15-11(16)8-3-6-14-7-4-8/h3-4,6-7H,2,5,13H2,1H3. The van der Waals surface area contributed by atoms with Gasteiger partial charge in [0, 0.05) is 31.4 Å². The van der Waals surface area contributed by atoms with Gasteiger partial charge in [-0.25, -0.2) is 4.98 Å². The van der Waals surface area contributed by atoms with E-state index in [1.54, 1.807) is 12.4 Å². The Balaban J connectivity index is 2.47. The highest BCUT2D eigenvalue weighted by Crippen LogP contribution is 2.24. The summed E-state index contributed by atoms with van der Waals surface area (Å²) in [5.41, 5.74) is 7.75. The Hall–Kier alpha value is -1.20. The van der Waals surface area contributed by atoms with E-state index in [0.29, 0.717) is 6.54 Å². The molecule has 0 amide bonds. The molecule has 0 saturated heterocycles. The Morgan fingerprint density at radius 1 is 1.38 bits per heavy atom. The van der Waals surface area contributed by atoms with E-state index in [4.69, 9.17) is 5.73 Å². The number of aromatic nitrogens is 3. The zero-order valence-electron chi connectivity index (χ0n) is 9.02. The first-order valence-electron chi connectivity index (χ1n) is 5.05. The fourth-order valence-corrected chi connectivity index (χ4v) is 2.30. The van der Waals surface area contributed by atoms with Gasteiger partial charge < -0.3 is 10.3 Å². The summed E-state index contributed by atoms with van der Waals surface area (Å²) < 4.78 is 2.93. The Morgan fingerprint density at radius 2 is 2.06 bits per heavy atom. The van der Waals surface area contributed by atoms with E-state index in [1.807, 2.05) is 19.2 Å². The van der Waals surface area contributed by atoms with Crippen LogP contribution in [0.4, 0.5) is 0 Å². The first kappa shape index (κ1) is 11.3. The van der Waals surface area contributed by atoms with Crippen molar-refractivity contribution >= 4 is 15.9 Å². The third-order valence-corrected chi connectivity index (χ3v) is 3.12. The van der Waals surface area contributed by atoms with Crippen LogP contribution in [0.25, 0.3) is 11.4 Å². The number of halogens is 1. The molecule has 84 valence electrons. The van der Waals surface area contributed by atoms with Crippen LogP contribution >= 0.6 is 15.9 Å². The van der Waals surface area contributed by atoms with Crippen molar-refractivity contribution in [2.45, 2.75) is 6.42 Å². The maximum Gasteiger partial charge on any atom is 0.141 e. The van der Waals surface area contributed by atoms with E-state index in [0.717, 1.165) is 28.1 Å². The summed E-state index contributed by atoms with van der Waals surface area (Å²) >= 11 is 3.46. The van der Waals surface area contributed by atoms with Gasteiger partial charge in [-0.05, 0) is 34.6 Å². The summed E-state index contributed by atoms with van der Waals surface area (Å²) in [6, 6.07) is 3.89. The molecule has 2 heterocycles. The maximum absolute atomic E-state index is 5.57. The van der Waals surface area contributed by atoms with Crippen LogP contribution in [0.2, 0.25) is 0 Å². The minimum atomic E-state index is 0.619. The first-order valence-corrected chi connectivity index (χ1v) is 5.85. The number of pyridine rings is 1. The molecule has 0 bridgehead atoms. The molecule has 0 fully saturated rings. The highest BCUT2D eigenvalue weighted by Gasteiger charge is 2.12. The lowest BCUT2D eigenvalue weighted by atomic mass is 10.2. The van der Waals surface area contributed by atoms with E-state index >= 15 is 0 Å². The monoisotopic (exact) mass is 280 g/mol. The Kier molecular flexibility index (Phi) is 3.36. The van der Waals surface area contributed by atoms with Gasteiger partial charge in [0.15, 0.2) is 0 Å². The third-order valence-electron chi connectivity index (χ3n) is 2.48. The lowest BCUT2D eigenvalue weighted by Gasteiger charge is -2.04. The zero-order valence-corrected chi connectivity index (χ0v) is 10.6. The molecule has 2 rings (SSSR count). The van der Waals surface area contributed by atoms with Crippen molar-refractivity contribution in [1.82, 2.24) is 14.5 Å². The molecule has 0 saturated carbocycles. The van der Waals surface area contributed by atoms with E-state index < -0.39 is 0 Å². The van der Waals surface area contributed by atoms with E-state index in [1.165, 1.54) is 0 Å². The normalized spacial score (nSPS) is 10.7. The van der Waals surface area contributed by atoms with Crippen LogP contribution in [0.1, 0.15) is 5.69 Å². The summed E-state index contributed by atoms with van der Waals surface area (Å²) in [5, 5.41) is 0. The van der Waals surface area contributed by atoms with E-state index in [9.17, 15) is 0 Å². The predicted molar refractivity (Wildman–Crippen MR) is 66.9 cm³/mol. The maximum atomic E-state index is 5.57. The lowest BCUT2D eigenvalue weighted by molar-refractivity contribution is 0.807. The minimum absolute atomic E-state index is 0.619. The SMILES string of the molecule is Cn1c(-c2ccncc2)nc(Br)c1CCN. The summed E-state index contributed by atoms with van der Waals surface area (Å²) in [6.07, 6.45) is 4.34. The highest BCUT2D eigenvalue weighted by molar-refractivity contribution is 9.10. The van der Waals surface area contributed by atoms with Crippen LogP contribution in [0, 0.1) is 0 Å². The molecule has 0 aliphatic heterocycles. The molecule has 2 aromatic heterocycles. The average molecular weight is 281 g/mol. The summed E-state index contributed by atoms with van der Waals surface area (Å²) in [4.78, 5) is 8.49. The van der Waals surface area contributed by atoms with Crippen molar-refractivity contribution in [3.05, 3.63) is 34.8 Å². The van der Waals surface area contributed by atoms with Crippen molar-refractivity contribution in [3.63, 3.8) is 0 Å². The molecule has 0 atom stereocenters. The Labute approximate surface area is 103 Å². The lowest BCUT2D eigenvalue weighted by Crippen LogP contribution is -2.07. The van der Waals surface area contributed by atoms with Gasteiger partial charge in [-0.3, -0.25) is 4.98 Å². The fourth-order valence-electron chi connectivity index (χ4n) is 1.67. The van der Waals surface area contributed by atoms with Gasteiger partial charge in [-0.2, -0.15) is 0 Å². The van der Waals surface area contributed by atoms with Crippen molar-refractivity contribution in [2.24, 2.45) is 12.8 Å². The zero-order chi connectivity index (χ0) is 11.5. The second-order valence-electron chi connectivity index (χ2n) is 3.51. The Bertz CT molecular complexity index is 478. The van der Waals surface area contributed by atoms with Crippen LogP contribution in [0.3, 0.4) is 0 Å². The van der Waals surface area contributed by atoms with Crippen molar-refractivity contribution in [2.75, 3.05) is 6.54 Å². The van der Waals surface area contributed by atoms with Crippen LogP contribution in [0.5, 0.6) is 0 Å². The van der Waals surface area contributed by atoms with Gasteiger partial charge in [0.2, 0.25) is 0 Å². The summed E-state index contributed by atoms with van der Waals surface area (Å²) in [7, 11) is 2.00. The second-order valence-corrected chi connectivity index (χ2v) is 4.26. The predicted octanol–water partition coefficient (Wildman–Crippen LogP) is 1.75. The molecule has 0 spiro atoms. The first-order chi connectivity index (χ1) is 7.74. The molecule has 2 aromatic rings. The second kappa shape index (κ2) is 4.76. The van der Waals surface area contributed by atoms with Gasteiger partial charge >= 0.3 is 0 Å². The van der Waals surface area contributed by atoms with Gasteiger partial charge in [0.1, 0.15) is 10.4 Å². The number of hydrogen-bond acceptors (Lipinski definition) is 3. The number of hydrogen-bond donors (Lipinski definition) is 1. The van der Waals surface area contributed by atoms with Gasteiger partial charge in [0.05, 0.1) is 5.69 Å². The van der Waals surface area contributed by atoms with Crippen molar-refractivity contribution in [3.8, 4) is 11.4 Å². The molecular formula is C11H13BrN4. The van der Waals surface area contributed by atoms with Crippen LogP contribution in [-0.2, 0) is 13.5 Å². The number of imidazole rings is 1. The quantitative estimate of drug-likeness (QED) is 0.932. The molecule has 0 aliphatic rings. The molecule has 0 unspecified atom stereocenters. The highest BCUT2D eigenvalue weighted by atomic mass is 79.9. The molecule has 5 heteroatoms. The number of nitrogens with zero attached hydrogens (tertiary/aromatic N) is 3. The van der Waals surface area contributed by atoms with Crippen LogP contribution < -0.4 is 5.73 Å². The van der Waals surface area contributed by atoms with E-state index in [2.05, 4.69) is 30.5 Å². The number of rotatable bonds is 3. The molecule has 2 N–H and O–H groups in total. The molecule has 0 aromatic carbocycles. The molecule has 16 heavy (non-hydrogen) atoms. The van der Waals surface area contributed by atoms with Gasteiger partial charge in [-0.15, -0.1) is 0 Å². The number of nitrogens with two attached hydrogens (primary N) is 1. The third kappa shape index (κ3) is 2.01. The van der Waals surface area contributed by atoms with Crippen molar-refractivity contribution < 1.29 is 0 Å². The van der Waals surface area contributed by atoms with E-state index in [-0.39, 0.29) is 0 Å². The molecule has 0 aliphatic carbocycles. The summed E-state index contributed by atoms with van der Waals surface area (Å²) in [6.45, 7) is 0.619. The molecular weight excluding hydrogens is 268 g/mol. The minimum Gasteiger partial charge on any atom is -0.330 e. The smallest absolute Gasteiger partial charge is 0.141 e. The fraction of sp³-hybridized carbons (Fsp3) is 0.273. The average Bonchev–Trinajstić information content (AvgIpc) is 2.59. The summed E-state index contributed by atoms with van der Waals surface area (Å²) in [5.74, 6) is 0.928. The van der Waals surface area contributed by atoms with Crippen LogP contribution in [0.15, 0.2) is 29.1 Å².